The largest absolute Gasteiger partial charge is 0.508 e. The molecule has 1 aliphatic rings. The summed E-state index contributed by atoms with van der Waals surface area (Å²) in [7, 11) is 0. The highest BCUT2D eigenvalue weighted by molar-refractivity contribution is 5.87. The summed E-state index contributed by atoms with van der Waals surface area (Å²) < 4.78 is 0. The fraction of sp³-hybridized carbons (Fsp3) is 0.150. The van der Waals surface area contributed by atoms with Gasteiger partial charge >= 0.3 is 5.97 Å². The van der Waals surface area contributed by atoms with E-state index >= 15 is 0 Å². The summed E-state index contributed by atoms with van der Waals surface area (Å²) in [5, 5.41) is 28.4. The van der Waals surface area contributed by atoms with Gasteiger partial charge in [-0.3, -0.25) is 0 Å². The van der Waals surface area contributed by atoms with Gasteiger partial charge < -0.3 is 15.3 Å². The van der Waals surface area contributed by atoms with Gasteiger partial charge in [-0.1, -0.05) is 42.5 Å². The normalized spacial score (nSPS) is 18.0. The number of carboxylic acid groups (broad SMARTS) is 1. The predicted octanol–water partition coefficient (Wildman–Crippen LogP) is 3.47. The standard InChI is InChI=1S/C20H18O4/c21-17-8-4-13(5-9-17)19(14-6-10-18(22)11-7-14)15-2-1-3-16(12-15)20(23)24/h1-10,12,18-19,21-22H,11H2,(H,23,24). The van der Waals surface area contributed by atoms with Crippen molar-refractivity contribution in [1.82, 2.24) is 0 Å². The molecule has 0 amide bonds. The molecule has 3 rings (SSSR count). The van der Waals surface area contributed by atoms with Crippen LogP contribution in [0.2, 0.25) is 0 Å². The summed E-state index contributed by atoms with van der Waals surface area (Å²) in [4.78, 5) is 11.3. The number of aliphatic hydroxyl groups is 1. The third-order valence-corrected chi connectivity index (χ3v) is 4.13. The van der Waals surface area contributed by atoms with Gasteiger partial charge in [-0.25, -0.2) is 4.79 Å². The van der Waals surface area contributed by atoms with E-state index in [0.717, 1.165) is 16.7 Å². The molecule has 3 N–H and O–H groups in total. The fourth-order valence-electron chi connectivity index (χ4n) is 2.94. The molecule has 4 heteroatoms. The average Bonchev–Trinajstić information content (AvgIpc) is 2.59. The summed E-state index contributed by atoms with van der Waals surface area (Å²) in [6.45, 7) is 0. The van der Waals surface area contributed by atoms with Crippen LogP contribution < -0.4 is 0 Å². The third kappa shape index (κ3) is 3.39. The number of benzene rings is 2. The molecule has 0 saturated heterocycles. The maximum absolute atomic E-state index is 11.3. The molecule has 0 bridgehead atoms. The van der Waals surface area contributed by atoms with Gasteiger partial charge in [-0.2, -0.15) is 0 Å². The monoisotopic (exact) mass is 322 g/mol. The molecule has 2 unspecified atom stereocenters. The summed E-state index contributed by atoms with van der Waals surface area (Å²) >= 11 is 0. The number of aromatic carboxylic acids is 1. The molecule has 0 radical (unpaired) electrons. The van der Waals surface area contributed by atoms with Gasteiger partial charge in [0, 0.05) is 5.92 Å². The van der Waals surface area contributed by atoms with Crippen LogP contribution in [-0.4, -0.2) is 27.4 Å². The Morgan fingerprint density at radius 2 is 1.83 bits per heavy atom. The lowest BCUT2D eigenvalue weighted by Crippen LogP contribution is -2.11. The summed E-state index contributed by atoms with van der Waals surface area (Å²) in [5.74, 6) is -0.945. The van der Waals surface area contributed by atoms with Crippen LogP contribution in [0.5, 0.6) is 5.75 Å². The Balaban J connectivity index is 2.08. The van der Waals surface area contributed by atoms with Crippen LogP contribution in [0, 0.1) is 0 Å². The lowest BCUT2D eigenvalue weighted by Gasteiger charge is -2.23. The summed E-state index contributed by atoms with van der Waals surface area (Å²) in [6.07, 6.45) is 5.62. The van der Waals surface area contributed by atoms with E-state index in [0.29, 0.717) is 6.42 Å². The molecule has 24 heavy (non-hydrogen) atoms. The molecule has 2 atom stereocenters. The zero-order valence-corrected chi connectivity index (χ0v) is 13.0. The number of phenolic OH excluding ortho intramolecular Hbond substituents is 1. The molecule has 1 aliphatic carbocycles. The SMILES string of the molecule is O=C(O)c1cccc(C(C2=CCC(O)C=C2)c2ccc(O)cc2)c1. The van der Waals surface area contributed by atoms with Crippen molar-refractivity contribution in [3.63, 3.8) is 0 Å². The number of rotatable bonds is 4. The fourth-order valence-corrected chi connectivity index (χ4v) is 2.94. The van der Waals surface area contributed by atoms with E-state index in [9.17, 15) is 20.1 Å². The third-order valence-electron chi connectivity index (χ3n) is 4.13. The maximum Gasteiger partial charge on any atom is 0.335 e. The number of allylic oxidation sites excluding steroid dienone is 2. The Morgan fingerprint density at radius 3 is 2.46 bits per heavy atom. The molecule has 2 aromatic carbocycles. The van der Waals surface area contributed by atoms with Crippen LogP contribution in [0.3, 0.4) is 0 Å². The second kappa shape index (κ2) is 6.72. The second-order valence-corrected chi connectivity index (χ2v) is 5.82. The maximum atomic E-state index is 11.3. The Hall–Kier alpha value is -2.85. The molecule has 0 heterocycles. The number of carbonyl (C=O) groups is 1. The smallest absolute Gasteiger partial charge is 0.335 e. The summed E-state index contributed by atoms with van der Waals surface area (Å²) in [6, 6.07) is 13.7. The van der Waals surface area contributed by atoms with Gasteiger partial charge in [-0.15, -0.1) is 0 Å². The molecule has 0 aliphatic heterocycles. The molecule has 4 nitrogen and oxygen atoms in total. The zero-order chi connectivity index (χ0) is 17.1. The minimum absolute atomic E-state index is 0.159. The summed E-state index contributed by atoms with van der Waals surface area (Å²) in [5.41, 5.74) is 3.03. The molecule has 122 valence electrons. The van der Waals surface area contributed by atoms with Crippen LogP contribution in [0.15, 0.2) is 72.3 Å². The Kier molecular flexibility index (Phi) is 4.49. The van der Waals surface area contributed by atoms with Crippen molar-refractivity contribution in [3.8, 4) is 5.75 Å². The van der Waals surface area contributed by atoms with Gasteiger partial charge in [0.25, 0.3) is 0 Å². The van der Waals surface area contributed by atoms with Crippen LogP contribution in [0.4, 0.5) is 0 Å². The second-order valence-electron chi connectivity index (χ2n) is 5.82. The van der Waals surface area contributed by atoms with Gasteiger partial charge in [0.15, 0.2) is 0 Å². The van der Waals surface area contributed by atoms with Crippen molar-refractivity contribution in [2.24, 2.45) is 0 Å². The first kappa shape index (κ1) is 16.0. The predicted molar refractivity (Wildman–Crippen MR) is 91.2 cm³/mol. The van der Waals surface area contributed by atoms with E-state index in [4.69, 9.17) is 0 Å². The van der Waals surface area contributed by atoms with Gasteiger partial charge in [-0.05, 0) is 47.4 Å². The van der Waals surface area contributed by atoms with Crippen LogP contribution in [0.25, 0.3) is 0 Å². The van der Waals surface area contributed by atoms with E-state index in [2.05, 4.69) is 0 Å². The first-order chi connectivity index (χ1) is 11.5. The molecule has 2 aromatic rings. The van der Waals surface area contributed by atoms with Crippen molar-refractivity contribution in [1.29, 1.82) is 0 Å². The van der Waals surface area contributed by atoms with Crippen molar-refractivity contribution < 1.29 is 20.1 Å². The molecule has 0 aromatic heterocycles. The van der Waals surface area contributed by atoms with Crippen LogP contribution >= 0.6 is 0 Å². The topological polar surface area (TPSA) is 77.8 Å². The first-order valence-electron chi connectivity index (χ1n) is 7.73. The number of carboxylic acids is 1. The zero-order valence-electron chi connectivity index (χ0n) is 13.0. The van der Waals surface area contributed by atoms with Gasteiger partial charge in [0.2, 0.25) is 0 Å². The van der Waals surface area contributed by atoms with E-state index in [1.54, 1.807) is 36.4 Å². The van der Waals surface area contributed by atoms with Crippen LogP contribution in [-0.2, 0) is 0 Å². The first-order valence-corrected chi connectivity index (χ1v) is 7.73. The average molecular weight is 322 g/mol. The molecule has 0 fully saturated rings. The van der Waals surface area contributed by atoms with Crippen molar-refractivity contribution in [2.75, 3.05) is 0 Å². The highest BCUT2D eigenvalue weighted by Gasteiger charge is 2.21. The van der Waals surface area contributed by atoms with Crippen molar-refractivity contribution in [2.45, 2.75) is 18.4 Å². The lowest BCUT2D eigenvalue weighted by molar-refractivity contribution is 0.0696. The number of aromatic hydroxyl groups is 1. The van der Waals surface area contributed by atoms with Crippen molar-refractivity contribution in [3.05, 3.63) is 89.0 Å². The highest BCUT2D eigenvalue weighted by atomic mass is 16.4. The molecule has 0 spiro atoms. The van der Waals surface area contributed by atoms with Gasteiger partial charge in [0.05, 0.1) is 11.7 Å². The number of phenols is 1. The van der Waals surface area contributed by atoms with E-state index in [1.165, 1.54) is 0 Å². The van der Waals surface area contributed by atoms with E-state index < -0.39 is 12.1 Å². The minimum atomic E-state index is -0.968. The molecule has 0 saturated carbocycles. The minimum Gasteiger partial charge on any atom is -0.508 e. The van der Waals surface area contributed by atoms with Gasteiger partial charge in [0.1, 0.15) is 5.75 Å². The quantitative estimate of drug-likeness (QED) is 0.805. The lowest BCUT2D eigenvalue weighted by atomic mass is 9.82. The van der Waals surface area contributed by atoms with E-state index in [-0.39, 0.29) is 17.2 Å². The highest BCUT2D eigenvalue weighted by Crippen LogP contribution is 2.35. The Labute approximate surface area is 140 Å². The van der Waals surface area contributed by atoms with E-state index in [1.807, 2.05) is 30.4 Å². The molecular formula is C20H18O4. The number of hydrogen-bond acceptors (Lipinski definition) is 3. The number of aliphatic hydroxyl groups excluding tert-OH is 1. The molecular weight excluding hydrogens is 304 g/mol. The van der Waals surface area contributed by atoms with Crippen molar-refractivity contribution >= 4 is 5.97 Å². The Bertz CT molecular complexity index is 803. The van der Waals surface area contributed by atoms with Crippen LogP contribution in [0.1, 0.15) is 33.8 Å². The number of hydrogen-bond donors (Lipinski definition) is 3. The Morgan fingerprint density at radius 1 is 1.08 bits per heavy atom.